The van der Waals surface area contributed by atoms with Crippen molar-refractivity contribution in [2.24, 2.45) is 7.05 Å². The molecule has 1 unspecified atom stereocenters. The van der Waals surface area contributed by atoms with Gasteiger partial charge in [-0.2, -0.15) is 5.10 Å². The number of carbonyl (C=O) groups excluding carboxylic acids is 1. The number of amides is 1. The number of nitrogens with zero attached hydrogens (tertiary/aromatic N) is 5. The fourth-order valence-corrected chi connectivity index (χ4v) is 4.33. The average Bonchev–Trinajstić information content (AvgIpc) is 3.53. The first-order valence-corrected chi connectivity index (χ1v) is 11.0. The smallest absolute Gasteiger partial charge is 0.293 e. The summed E-state index contributed by atoms with van der Waals surface area (Å²) in [4.78, 5) is 19.5. The highest BCUT2D eigenvalue weighted by molar-refractivity contribution is 5.92. The second-order valence-electron chi connectivity index (χ2n) is 8.36. The van der Waals surface area contributed by atoms with Crippen LogP contribution in [0.3, 0.4) is 0 Å². The van der Waals surface area contributed by atoms with Gasteiger partial charge < -0.3 is 13.8 Å². The standard InChI is InChI=1S/C24H24FN5O3/c1-15-19(14-29(2)27-15)20-12-22(33-28-20)24(31)30-9-4-3-8-21(30)23-26-13-18(32-23)11-16-6-5-7-17(25)10-16/h5-7,10,12-14,21H,3-4,8-9,11H2,1-2H3. The van der Waals surface area contributed by atoms with Crippen molar-refractivity contribution in [1.29, 1.82) is 0 Å². The van der Waals surface area contributed by atoms with Gasteiger partial charge in [-0.05, 0) is 43.9 Å². The van der Waals surface area contributed by atoms with Crippen molar-refractivity contribution in [3.05, 3.63) is 77.2 Å². The molecule has 8 nitrogen and oxygen atoms in total. The van der Waals surface area contributed by atoms with Gasteiger partial charge in [-0.3, -0.25) is 9.48 Å². The van der Waals surface area contributed by atoms with E-state index in [1.54, 1.807) is 27.9 Å². The molecule has 1 aliphatic rings. The molecule has 3 aromatic heterocycles. The van der Waals surface area contributed by atoms with Gasteiger partial charge in [-0.25, -0.2) is 9.37 Å². The lowest BCUT2D eigenvalue weighted by molar-refractivity contribution is 0.0528. The molecule has 0 N–H and O–H groups in total. The first kappa shape index (κ1) is 21.1. The summed E-state index contributed by atoms with van der Waals surface area (Å²) in [7, 11) is 1.83. The SMILES string of the molecule is Cc1nn(C)cc1-c1cc(C(=O)N2CCCCC2c2ncc(Cc3cccc(F)c3)o2)on1. The Morgan fingerprint density at radius 2 is 2.15 bits per heavy atom. The van der Waals surface area contributed by atoms with Crippen molar-refractivity contribution in [3.63, 3.8) is 0 Å². The summed E-state index contributed by atoms with van der Waals surface area (Å²) in [6.45, 7) is 2.46. The highest BCUT2D eigenvalue weighted by Gasteiger charge is 2.34. The fourth-order valence-electron chi connectivity index (χ4n) is 4.33. The molecule has 0 bridgehead atoms. The number of benzene rings is 1. The van der Waals surface area contributed by atoms with E-state index in [1.165, 1.54) is 12.1 Å². The summed E-state index contributed by atoms with van der Waals surface area (Å²) in [5.41, 5.74) is 3.01. The number of halogens is 1. The third-order valence-electron chi connectivity index (χ3n) is 5.90. The van der Waals surface area contributed by atoms with Crippen LogP contribution in [0, 0.1) is 12.7 Å². The molecule has 9 heteroatoms. The molecule has 33 heavy (non-hydrogen) atoms. The molecule has 1 aromatic carbocycles. The molecule has 0 radical (unpaired) electrons. The lowest BCUT2D eigenvalue weighted by Gasteiger charge is -2.32. The van der Waals surface area contributed by atoms with E-state index in [1.807, 2.05) is 26.2 Å². The fraction of sp³-hybridized carbons (Fsp3) is 0.333. The van der Waals surface area contributed by atoms with Crippen LogP contribution in [0.2, 0.25) is 0 Å². The molecule has 4 aromatic rings. The second-order valence-corrected chi connectivity index (χ2v) is 8.36. The van der Waals surface area contributed by atoms with Crippen LogP contribution in [-0.4, -0.2) is 37.3 Å². The van der Waals surface area contributed by atoms with Gasteiger partial charge in [0.2, 0.25) is 11.7 Å². The zero-order valence-corrected chi connectivity index (χ0v) is 18.5. The van der Waals surface area contributed by atoms with E-state index in [0.29, 0.717) is 30.3 Å². The maximum atomic E-state index is 13.5. The Labute approximate surface area is 190 Å². The minimum Gasteiger partial charge on any atom is -0.443 e. The van der Waals surface area contributed by atoms with Crippen LogP contribution >= 0.6 is 0 Å². The highest BCUT2D eigenvalue weighted by Crippen LogP contribution is 2.33. The molecule has 0 aliphatic carbocycles. The van der Waals surface area contributed by atoms with E-state index in [2.05, 4.69) is 15.2 Å². The Bertz CT molecular complexity index is 1290. The summed E-state index contributed by atoms with van der Waals surface area (Å²) >= 11 is 0. The van der Waals surface area contributed by atoms with E-state index in [0.717, 1.165) is 36.1 Å². The van der Waals surface area contributed by atoms with Crippen LogP contribution in [0.25, 0.3) is 11.3 Å². The number of likely N-dealkylation sites (tertiary alicyclic amines) is 1. The Balaban J connectivity index is 1.35. The van der Waals surface area contributed by atoms with Crippen molar-refractivity contribution >= 4 is 5.91 Å². The van der Waals surface area contributed by atoms with E-state index in [4.69, 9.17) is 8.94 Å². The van der Waals surface area contributed by atoms with Crippen LogP contribution in [0.1, 0.15) is 58.8 Å². The zero-order chi connectivity index (χ0) is 22.9. The van der Waals surface area contributed by atoms with E-state index >= 15 is 0 Å². The molecule has 5 rings (SSSR count). The van der Waals surface area contributed by atoms with Crippen LogP contribution in [-0.2, 0) is 13.5 Å². The van der Waals surface area contributed by atoms with Crippen LogP contribution in [0.4, 0.5) is 4.39 Å². The highest BCUT2D eigenvalue weighted by atomic mass is 19.1. The molecule has 1 amide bonds. The number of aromatic nitrogens is 4. The summed E-state index contributed by atoms with van der Waals surface area (Å²) in [6, 6.07) is 7.76. The van der Waals surface area contributed by atoms with E-state index in [9.17, 15) is 9.18 Å². The van der Waals surface area contributed by atoms with E-state index in [-0.39, 0.29) is 23.5 Å². The Morgan fingerprint density at radius 1 is 1.27 bits per heavy atom. The quantitative estimate of drug-likeness (QED) is 0.447. The van der Waals surface area contributed by atoms with Crippen molar-refractivity contribution in [1.82, 2.24) is 24.8 Å². The van der Waals surface area contributed by atoms with Gasteiger partial charge >= 0.3 is 0 Å². The second kappa shape index (κ2) is 8.65. The number of rotatable bonds is 5. The van der Waals surface area contributed by atoms with Gasteiger partial charge in [-0.1, -0.05) is 17.3 Å². The molecule has 0 spiro atoms. The monoisotopic (exact) mass is 449 g/mol. The summed E-state index contributed by atoms with van der Waals surface area (Å²) in [5, 5.41) is 8.41. The average molecular weight is 449 g/mol. The number of carbonyl (C=O) groups is 1. The zero-order valence-electron chi connectivity index (χ0n) is 18.5. The Kier molecular flexibility index (Phi) is 5.53. The number of hydrogen-bond acceptors (Lipinski definition) is 6. The van der Waals surface area contributed by atoms with Crippen LogP contribution < -0.4 is 0 Å². The minimum atomic E-state index is -0.291. The molecule has 1 atom stereocenters. The molecule has 1 aliphatic heterocycles. The molecular weight excluding hydrogens is 425 g/mol. The number of oxazole rings is 1. The predicted molar refractivity (Wildman–Crippen MR) is 117 cm³/mol. The van der Waals surface area contributed by atoms with Gasteiger partial charge in [0.1, 0.15) is 23.3 Å². The maximum absolute atomic E-state index is 13.5. The number of aryl methyl sites for hydroxylation is 2. The molecule has 4 heterocycles. The van der Waals surface area contributed by atoms with Crippen molar-refractivity contribution in [3.8, 4) is 11.3 Å². The van der Waals surface area contributed by atoms with Crippen molar-refractivity contribution < 1.29 is 18.1 Å². The molecule has 170 valence electrons. The molecular formula is C24H24FN5O3. The third-order valence-corrected chi connectivity index (χ3v) is 5.90. The normalized spacial score (nSPS) is 16.3. The van der Waals surface area contributed by atoms with Crippen molar-refractivity contribution in [2.45, 2.75) is 38.6 Å². The molecule has 1 fully saturated rings. The van der Waals surface area contributed by atoms with Crippen LogP contribution in [0.15, 0.2) is 51.7 Å². The van der Waals surface area contributed by atoms with Gasteiger partial charge in [-0.15, -0.1) is 0 Å². The van der Waals surface area contributed by atoms with Crippen molar-refractivity contribution in [2.75, 3.05) is 6.54 Å². The predicted octanol–water partition coefficient (Wildman–Crippen LogP) is 4.47. The van der Waals surface area contributed by atoms with Gasteiger partial charge in [0.05, 0.1) is 11.9 Å². The largest absolute Gasteiger partial charge is 0.443 e. The summed E-state index contributed by atoms with van der Waals surface area (Å²) < 4.78 is 26.6. The number of piperidine rings is 1. The van der Waals surface area contributed by atoms with E-state index < -0.39 is 0 Å². The van der Waals surface area contributed by atoms with Gasteiger partial charge in [0.25, 0.3) is 5.91 Å². The minimum absolute atomic E-state index is 0.173. The maximum Gasteiger partial charge on any atom is 0.293 e. The first-order chi connectivity index (χ1) is 16.0. The Hall–Kier alpha value is -3.75. The topological polar surface area (TPSA) is 90.2 Å². The van der Waals surface area contributed by atoms with Gasteiger partial charge in [0.15, 0.2) is 0 Å². The lowest BCUT2D eigenvalue weighted by atomic mass is 10.0. The van der Waals surface area contributed by atoms with Gasteiger partial charge in [0, 0.05) is 37.8 Å². The lowest BCUT2D eigenvalue weighted by Crippen LogP contribution is -2.38. The number of hydrogen-bond donors (Lipinski definition) is 0. The first-order valence-electron chi connectivity index (χ1n) is 11.0. The molecule has 0 saturated carbocycles. The summed E-state index contributed by atoms with van der Waals surface area (Å²) in [6.07, 6.45) is 6.53. The molecule has 1 saturated heterocycles. The van der Waals surface area contributed by atoms with Crippen LogP contribution in [0.5, 0.6) is 0 Å². The summed E-state index contributed by atoms with van der Waals surface area (Å²) in [5.74, 6) is 0.751. The third kappa shape index (κ3) is 4.30. The Morgan fingerprint density at radius 3 is 2.94 bits per heavy atom.